The number of carbonyl (C=O) groups excluding carboxylic acids is 1. The molecule has 0 spiro atoms. The summed E-state index contributed by atoms with van der Waals surface area (Å²) < 4.78 is 5.21. The van der Waals surface area contributed by atoms with Crippen LogP contribution in [-0.4, -0.2) is 22.1 Å². The van der Waals surface area contributed by atoms with Gasteiger partial charge in [0.05, 0.1) is 12.5 Å². The van der Waals surface area contributed by atoms with Crippen molar-refractivity contribution in [2.24, 2.45) is 0 Å². The molecule has 0 fully saturated rings. The molecule has 0 aliphatic rings. The Labute approximate surface area is 160 Å². The first-order valence-electron chi connectivity index (χ1n) is 8.25. The lowest BCUT2D eigenvalue weighted by molar-refractivity contribution is -0.137. The molecule has 2 N–H and O–H groups in total. The first-order valence-corrected chi connectivity index (χ1v) is 8.63. The van der Waals surface area contributed by atoms with Gasteiger partial charge in [-0.2, -0.15) is 0 Å². The molecule has 27 heavy (non-hydrogen) atoms. The average Bonchev–Trinajstić information content (AvgIpc) is 3.03. The average molecular weight is 385 g/mol. The van der Waals surface area contributed by atoms with Gasteiger partial charge in [0.2, 0.25) is 0 Å². The Morgan fingerprint density at radius 1 is 1.19 bits per heavy atom. The van der Waals surface area contributed by atoms with Crippen LogP contribution >= 0.6 is 11.6 Å². The van der Waals surface area contributed by atoms with Crippen molar-refractivity contribution in [2.75, 3.05) is 0 Å². The van der Waals surface area contributed by atoms with Crippen molar-refractivity contribution in [2.45, 2.75) is 19.4 Å². The molecule has 1 amide bonds. The zero-order valence-corrected chi connectivity index (χ0v) is 15.2. The Morgan fingerprint density at radius 2 is 1.93 bits per heavy atom. The van der Waals surface area contributed by atoms with Crippen molar-refractivity contribution in [3.05, 3.63) is 76.5 Å². The quantitative estimate of drug-likeness (QED) is 0.662. The summed E-state index contributed by atoms with van der Waals surface area (Å²) in [5.74, 6) is -1.14. The van der Waals surface area contributed by atoms with Crippen molar-refractivity contribution >= 4 is 23.5 Å². The predicted molar refractivity (Wildman–Crippen MR) is 101 cm³/mol. The highest BCUT2D eigenvalue weighted by molar-refractivity contribution is 6.30. The third kappa shape index (κ3) is 4.35. The number of carbonyl (C=O) groups is 2. The molecular weight excluding hydrogens is 368 g/mol. The topological polar surface area (TPSA) is 92.4 Å². The van der Waals surface area contributed by atoms with E-state index in [1.807, 2.05) is 30.3 Å². The maximum absolute atomic E-state index is 12.9. The van der Waals surface area contributed by atoms with Gasteiger partial charge in [-0.25, -0.2) is 0 Å². The summed E-state index contributed by atoms with van der Waals surface area (Å²) in [6.07, 6.45) is -0.281. The second-order valence-corrected chi connectivity index (χ2v) is 6.44. The third-order valence-electron chi connectivity index (χ3n) is 4.07. The number of aromatic nitrogens is 1. The highest BCUT2D eigenvalue weighted by Crippen LogP contribution is 2.27. The lowest BCUT2D eigenvalue weighted by Crippen LogP contribution is -2.30. The molecular formula is C20H17ClN2O4. The van der Waals surface area contributed by atoms with Crippen LogP contribution in [0.2, 0.25) is 5.02 Å². The van der Waals surface area contributed by atoms with E-state index >= 15 is 0 Å². The Hall–Kier alpha value is -3.12. The molecule has 6 nitrogen and oxygen atoms in total. The van der Waals surface area contributed by atoms with Crippen LogP contribution in [0.25, 0.3) is 11.3 Å². The van der Waals surface area contributed by atoms with Crippen molar-refractivity contribution in [1.82, 2.24) is 10.5 Å². The zero-order chi connectivity index (χ0) is 19.4. The van der Waals surface area contributed by atoms with Crippen LogP contribution in [0.15, 0.2) is 59.1 Å². The van der Waals surface area contributed by atoms with Crippen molar-refractivity contribution in [3.63, 3.8) is 0 Å². The molecule has 0 aliphatic heterocycles. The first-order chi connectivity index (χ1) is 13.0. The van der Waals surface area contributed by atoms with E-state index in [4.69, 9.17) is 16.1 Å². The minimum atomic E-state index is -1.04. The molecule has 1 heterocycles. The van der Waals surface area contributed by atoms with Crippen LogP contribution < -0.4 is 5.32 Å². The van der Waals surface area contributed by atoms with Crippen LogP contribution in [-0.2, 0) is 4.79 Å². The second-order valence-electron chi connectivity index (χ2n) is 6.01. The highest BCUT2D eigenvalue weighted by Gasteiger charge is 2.25. The fourth-order valence-electron chi connectivity index (χ4n) is 2.81. The minimum absolute atomic E-state index is 0.276. The molecule has 3 aromatic rings. The summed E-state index contributed by atoms with van der Waals surface area (Å²) in [5.41, 5.74) is 2.02. The number of aliphatic carboxylic acids is 1. The number of nitrogens with one attached hydrogen (secondary N) is 1. The van der Waals surface area contributed by atoms with Crippen molar-refractivity contribution in [3.8, 4) is 11.3 Å². The van der Waals surface area contributed by atoms with Crippen molar-refractivity contribution < 1.29 is 19.2 Å². The van der Waals surface area contributed by atoms with Crippen LogP contribution in [0.3, 0.4) is 0 Å². The molecule has 138 valence electrons. The van der Waals surface area contributed by atoms with E-state index in [1.165, 1.54) is 0 Å². The molecule has 3 rings (SSSR count). The number of hydrogen-bond donors (Lipinski definition) is 2. The van der Waals surface area contributed by atoms with Gasteiger partial charge in [-0.05, 0) is 24.6 Å². The lowest BCUT2D eigenvalue weighted by atomic mass is 10.0. The second kappa shape index (κ2) is 8.05. The fraction of sp³-hybridized carbons (Fsp3) is 0.150. The number of hydrogen-bond acceptors (Lipinski definition) is 4. The van der Waals surface area contributed by atoms with E-state index in [0.29, 0.717) is 22.0 Å². The summed E-state index contributed by atoms with van der Waals surface area (Å²) >= 11 is 6.01. The van der Waals surface area contributed by atoms with E-state index in [-0.39, 0.29) is 12.0 Å². The summed E-state index contributed by atoms with van der Waals surface area (Å²) in [5, 5.41) is 16.4. The molecule has 0 aliphatic carbocycles. The molecule has 0 radical (unpaired) electrons. The maximum atomic E-state index is 12.9. The summed E-state index contributed by atoms with van der Waals surface area (Å²) in [7, 11) is 0. The lowest BCUT2D eigenvalue weighted by Gasteiger charge is -2.18. The third-order valence-corrected chi connectivity index (χ3v) is 4.31. The van der Waals surface area contributed by atoms with E-state index in [1.54, 1.807) is 31.2 Å². The number of aryl methyl sites for hydroxylation is 1. The molecule has 7 heteroatoms. The molecule has 1 aromatic heterocycles. The van der Waals surface area contributed by atoms with Crippen LogP contribution in [0.1, 0.15) is 34.1 Å². The molecule has 0 saturated carbocycles. The normalized spacial score (nSPS) is 11.8. The Bertz CT molecular complexity index is 969. The minimum Gasteiger partial charge on any atom is -0.481 e. The van der Waals surface area contributed by atoms with Gasteiger partial charge in [-0.1, -0.05) is 59.2 Å². The van der Waals surface area contributed by atoms with Gasteiger partial charge >= 0.3 is 5.97 Å². The van der Waals surface area contributed by atoms with E-state index in [0.717, 1.165) is 5.56 Å². The SMILES string of the molecule is Cc1onc(-c2ccccc2)c1C(=O)NC(CC(=O)O)c1cccc(Cl)c1. The molecule has 2 aromatic carbocycles. The predicted octanol–water partition coefficient (Wildman–Crippen LogP) is 4.25. The Kier molecular flexibility index (Phi) is 5.57. The highest BCUT2D eigenvalue weighted by atomic mass is 35.5. The molecule has 1 atom stereocenters. The van der Waals surface area contributed by atoms with E-state index in [9.17, 15) is 14.7 Å². The Balaban J connectivity index is 1.93. The number of nitrogens with zero attached hydrogens (tertiary/aromatic N) is 1. The number of amides is 1. The number of halogens is 1. The van der Waals surface area contributed by atoms with Gasteiger partial charge in [0.25, 0.3) is 5.91 Å². The number of carboxylic acids is 1. The standard InChI is InChI=1S/C20H17ClN2O4/c1-12-18(19(23-27-12)13-6-3-2-4-7-13)20(26)22-16(11-17(24)25)14-8-5-9-15(21)10-14/h2-10,16H,11H2,1H3,(H,22,26)(H,24,25). The molecule has 0 saturated heterocycles. The smallest absolute Gasteiger partial charge is 0.305 e. The van der Waals surface area contributed by atoms with Gasteiger partial charge in [0.15, 0.2) is 0 Å². The van der Waals surface area contributed by atoms with Gasteiger partial charge in [-0.15, -0.1) is 0 Å². The Morgan fingerprint density at radius 3 is 2.59 bits per heavy atom. The fourth-order valence-corrected chi connectivity index (χ4v) is 3.01. The summed E-state index contributed by atoms with van der Waals surface area (Å²) in [4.78, 5) is 24.2. The van der Waals surface area contributed by atoms with Gasteiger partial charge in [0, 0.05) is 10.6 Å². The number of benzene rings is 2. The molecule has 1 unspecified atom stereocenters. The van der Waals surface area contributed by atoms with Crippen LogP contribution in [0.4, 0.5) is 0 Å². The van der Waals surface area contributed by atoms with Crippen LogP contribution in [0.5, 0.6) is 0 Å². The van der Waals surface area contributed by atoms with Gasteiger partial charge in [0.1, 0.15) is 17.0 Å². The van der Waals surface area contributed by atoms with Crippen molar-refractivity contribution in [1.29, 1.82) is 0 Å². The van der Waals surface area contributed by atoms with E-state index < -0.39 is 17.9 Å². The maximum Gasteiger partial charge on any atom is 0.305 e. The monoisotopic (exact) mass is 384 g/mol. The summed E-state index contributed by atoms with van der Waals surface area (Å²) in [6.45, 7) is 1.64. The van der Waals surface area contributed by atoms with Gasteiger partial charge in [-0.3, -0.25) is 9.59 Å². The largest absolute Gasteiger partial charge is 0.481 e. The first kappa shape index (κ1) is 18.7. The molecule has 0 bridgehead atoms. The van der Waals surface area contributed by atoms with Crippen LogP contribution in [0, 0.1) is 6.92 Å². The summed E-state index contributed by atoms with van der Waals surface area (Å²) in [6, 6.07) is 15.2. The van der Waals surface area contributed by atoms with E-state index in [2.05, 4.69) is 10.5 Å². The number of carboxylic acid groups (broad SMARTS) is 1. The number of rotatable bonds is 6. The van der Waals surface area contributed by atoms with Gasteiger partial charge < -0.3 is 14.9 Å². The zero-order valence-electron chi connectivity index (χ0n) is 14.5.